The molecule has 1 aromatic carbocycles. The number of amides is 1. The van der Waals surface area contributed by atoms with Gasteiger partial charge in [-0.05, 0) is 30.3 Å². The molecule has 0 bridgehead atoms. The quantitative estimate of drug-likeness (QED) is 0.840. The molecule has 0 radical (unpaired) electrons. The predicted molar refractivity (Wildman–Crippen MR) is 84.7 cm³/mol. The van der Waals surface area contributed by atoms with E-state index in [0.717, 1.165) is 28.8 Å². The van der Waals surface area contributed by atoms with E-state index >= 15 is 0 Å². The predicted octanol–water partition coefficient (Wildman–Crippen LogP) is 2.49. The minimum Gasteiger partial charge on any atom is -0.459 e. The molecule has 6 nitrogen and oxygen atoms in total. The number of carbonyl (C=O) groups is 1. The van der Waals surface area contributed by atoms with Gasteiger partial charge in [0.05, 0.1) is 30.3 Å². The summed E-state index contributed by atoms with van der Waals surface area (Å²) in [6, 6.07) is 6.91. The average molecular weight is 376 g/mol. The number of anilines is 1. The summed E-state index contributed by atoms with van der Waals surface area (Å²) >= 11 is 0. The maximum atomic E-state index is 12.8. The van der Waals surface area contributed by atoms with Crippen LogP contribution in [0, 0.1) is 0 Å². The molecule has 0 fully saturated rings. The first kappa shape index (κ1) is 18.8. The Morgan fingerprint density at radius 1 is 1.24 bits per heavy atom. The monoisotopic (exact) mass is 376 g/mol. The molecule has 0 saturated carbocycles. The number of hydrogen-bond acceptors (Lipinski definition) is 4. The van der Waals surface area contributed by atoms with Crippen LogP contribution in [0.4, 0.5) is 18.9 Å². The van der Waals surface area contributed by atoms with Gasteiger partial charge in [0.1, 0.15) is 0 Å². The van der Waals surface area contributed by atoms with Crippen molar-refractivity contribution >= 4 is 21.6 Å². The molecule has 2 rings (SSSR count). The van der Waals surface area contributed by atoms with Gasteiger partial charge in [0.15, 0.2) is 5.76 Å². The fraction of sp³-hybridized carbons (Fsp3) is 0.267. The summed E-state index contributed by atoms with van der Waals surface area (Å²) in [7, 11) is -3.84. The van der Waals surface area contributed by atoms with Crippen molar-refractivity contribution in [3.05, 3.63) is 54.0 Å². The minimum absolute atomic E-state index is 0.0463. The van der Waals surface area contributed by atoms with Crippen molar-refractivity contribution in [2.24, 2.45) is 0 Å². The van der Waals surface area contributed by atoms with E-state index in [0.29, 0.717) is 0 Å². The van der Waals surface area contributed by atoms with Crippen LogP contribution in [0.15, 0.2) is 47.1 Å². The molecule has 136 valence electrons. The summed E-state index contributed by atoms with van der Waals surface area (Å²) in [5.74, 6) is -0.507. The van der Waals surface area contributed by atoms with Crippen molar-refractivity contribution in [2.45, 2.75) is 6.18 Å². The van der Waals surface area contributed by atoms with E-state index in [1.165, 1.54) is 24.5 Å². The Morgan fingerprint density at radius 3 is 2.52 bits per heavy atom. The smallest absolute Gasteiger partial charge is 0.416 e. The van der Waals surface area contributed by atoms with E-state index in [1.54, 1.807) is 0 Å². The molecule has 0 aliphatic heterocycles. The van der Waals surface area contributed by atoms with Gasteiger partial charge in [0, 0.05) is 6.54 Å². The Balaban J connectivity index is 2.14. The van der Waals surface area contributed by atoms with Gasteiger partial charge in [-0.15, -0.1) is 0 Å². The molecule has 1 N–H and O–H groups in total. The van der Waals surface area contributed by atoms with Crippen molar-refractivity contribution in [2.75, 3.05) is 23.7 Å². The Hall–Kier alpha value is -2.49. The number of sulfonamides is 1. The summed E-state index contributed by atoms with van der Waals surface area (Å²) in [6.07, 6.45) is -2.41. The van der Waals surface area contributed by atoms with Gasteiger partial charge in [0.25, 0.3) is 5.91 Å². The summed E-state index contributed by atoms with van der Waals surface area (Å²) < 4.78 is 67.9. The summed E-state index contributed by atoms with van der Waals surface area (Å²) in [5.41, 5.74) is -1.09. The molecule has 1 aromatic heterocycles. The van der Waals surface area contributed by atoms with Crippen LogP contribution in [-0.2, 0) is 16.2 Å². The van der Waals surface area contributed by atoms with E-state index in [9.17, 15) is 26.4 Å². The highest BCUT2D eigenvalue weighted by Gasteiger charge is 2.31. The van der Waals surface area contributed by atoms with Gasteiger partial charge in [-0.1, -0.05) is 6.07 Å². The van der Waals surface area contributed by atoms with Crippen LogP contribution in [0.1, 0.15) is 16.1 Å². The Morgan fingerprint density at radius 2 is 1.96 bits per heavy atom. The van der Waals surface area contributed by atoms with Crippen molar-refractivity contribution < 1.29 is 30.8 Å². The molecule has 1 heterocycles. The second-order valence-corrected chi connectivity index (χ2v) is 7.02. The second kappa shape index (κ2) is 7.18. The van der Waals surface area contributed by atoms with Gasteiger partial charge in [-0.2, -0.15) is 13.2 Å². The zero-order chi connectivity index (χ0) is 18.7. The number of furan rings is 1. The molecular formula is C15H15F3N2O4S. The Labute approximate surface area is 142 Å². The SMILES string of the molecule is CS(=O)(=O)N(CCNC(=O)c1ccco1)c1cccc(C(F)(F)F)c1. The van der Waals surface area contributed by atoms with Crippen LogP contribution in [-0.4, -0.2) is 33.7 Å². The second-order valence-electron chi connectivity index (χ2n) is 5.12. The van der Waals surface area contributed by atoms with Crippen LogP contribution in [0.25, 0.3) is 0 Å². The normalized spacial score (nSPS) is 12.0. The molecular weight excluding hydrogens is 361 g/mol. The highest BCUT2D eigenvalue weighted by Crippen LogP contribution is 2.32. The molecule has 1 amide bonds. The summed E-state index contributed by atoms with van der Waals surface area (Å²) in [6.45, 7) is -0.338. The van der Waals surface area contributed by atoms with Gasteiger partial charge in [-0.3, -0.25) is 9.10 Å². The highest BCUT2D eigenvalue weighted by atomic mass is 32.2. The lowest BCUT2D eigenvalue weighted by molar-refractivity contribution is -0.137. The Kier molecular flexibility index (Phi) is 5.41. The molecule has 0 aliphatic carbocycles. The lowest BCUT2D eigenvalue weighted by atomic mass is 10.2. The summed E-state index contributed by atoms with van der Waals surface area (Å²) in [4.78, 5) is 11.7. The topological polar surface area (TPSA) is 79.6 Å². The van der Waals surface area contributed by atoms with Gasteiger partial charge in [-0.25, -0.2) is 8.42 Å². The van der Waals surface area contributed by atoms with E-state index in [4.69, 9.17) is 4.42 Å². The third-order valence-electron chi connectivity index (χ3n) is 3.21. The first-order valence-corrected chi connectivity index (χ1v) is 8.90. The van der Waals surface area contributed by atoms with Crippen LogP contribution >= 0.6 is 0 Å². The lowest BCUT2D eigenvalue weighted by Gasteiger charge is -2.23. The van der Waals surface area contributed by atoms with Gasteiger partial charge >= 0.3 is 6.18 Å². The summed E-state index contributed by atoms with van der Waals surface area (Å²) in [5, 5.41) is 2.44. The molecule has 25 heavy (non-hydrogen) atoms. The fourth-order valence-electron chi connectivity index (χ4n) is 2.09. The van der Waals surface area contributed by atoms with E-state index in [-0.39, 0.29) is 24.5 Å². The number of rotatable bonds is 6. The minimum atomic E-state index is -4.59. The van der Waals surface area contributed by atoms with Crippen LogP contribution in [0.5, 0.6) is 0 Å². The van der Waals surface area contributed by atoms with Gasteiger partial charge < -0.3 is 9.73 Å². The van der Waals surface area contributed by atoms with E-state index in [1.807, 2.05) is 0 Å². The molecule has 2 aromatic rings. The zero-order valence-electron chi connectivity index (χ0n) is 13.1. The maximum Gasteiger partial charge on any atom is 0.416 e. The van der Waals surface area contributed by atoms with E-state index in [2.05, 4.69) is 5.32 Å². The van der Waals surface area contributed by atoms with Gasteiger partial charge in [0.2, 0.25) is 10.0 Å². The fourth-order valence-corrected chi connectivity index (χ4v) is 3.01. The number of nitrogens with one attached hydrogen (secondary N) is 1. The average Bonchev–Trinajstić information content (AvgIpc) is 3.04. The highest BCUT2D eigenvalue weighted by molar-refractivity contribution is 7.92. The van der Waals surface area contributed by atoms with Crippen LogP contribution < -0.4 is 9.62 Å². The molecule has 0 saturated heterocycles. The standard InChI is InChI=1S/C15H15F3N2O4S/c1-25(22,23)20(8-7-19-14(21)13-6-3-9-24-13)12-5-2-4-11(10-12)15(16,17)18/h2-6,9-10H,7-8H2,1H3,(H,19,21). The lowest BCUT2D eigenvalue weighted by Crippen LogP contribution is -2.38. The number of hydrogen-bond donors (Lipinski definition) is 1. The maximum absolute atomic E-state index is 12.8. The van der Waals surface area contributed by atoms with Crippen LogP contribution in [0.3, 0.4) is 0 Å². The third-order valence-corrected chi connectivity index (χ3v) is 4.40. The third kappa shape index (κ3) is 4.99. The molecule has 10 heteroatoms. The van der Waals surface area contributed by atoms with E-state index < -0.39 is 27.7 Å². The van der Waals surface area contributed by atoms with Crippen molar-refractivity contribution in [1.82, 2.24) is 5.32 Å². The van der Waals surface area contributed by atoms with Crippen molar-refractivity contribution in [3.63, 3.8) is 0 Å². The first-order valence-electron chi connectivity index (χ1n) is 7.06. The number of halogens is 3. The number of nitrogens with zero attached hydrogens (tertiary/aromatic N) is 1. The molecule has 0 aliphatic rings. The van der Waals surface area contributed by atoms with Crippen molar-refractivity contribution in [1.29, 1.82) is 0 Å². The largest absolute Gasteiger partial charge is 0.459 e. The number of benzene rings is 1. The first-order chi connectivity index (χ1) is 11.6. The molecule has 0 spiro atoms. The zero-order valence-corrected chi connectivity index (χ0v) is 13.9. The van der Waals surface area contributed by atoms with Crippen LogP contribution in [0.2, 0.25) is 0 Å². The number of carbonyl (C=O) groups excluding carboxylic acids is 1. The number of alkyl halides is 3. The van der Waals surface area contributed by atoms with Crippen molar-refractivity contribution in [3.8, 4) is 0 Å². The molecule has 0 unspecified atom stereocenters. The Bertz CT molecular complexity index is 833. The molecule has 0 atom stereocenters.